The Kier molecular flexibility index (Phi) is 5.07. The van der Waals surface area contributed by atoms with Gasteiger partial charge in [-0.15, -0.1) is 0 Å². The average molecular weight is 332 g/mol. The lowest BCUT2D eigenvalue weighted by atomic mass is 10.2. The van der Waals surface area contributed by atoms with Crippen LogP contribution < -0.4 is 5.32 Å². The highest BCUT2D eigenvalue weighted by molar-refractivity contribution is 8.00. The van der Waals surface area contributed by atoms with Gasteiger partial charge in [-0.1, -0.05) is 6.92 Å². The standard InChI is InChI=1S/C14H25N3O2S2/c1-5-15-9-12-8-13(10-16(12)4)21(18,19)17-6-7-20-14(2,3)11-17/h8,10,15H,5-7,9,11H2,1-4H3. The smallest absolute Gasteiger partial charge is 0.244 e. The van der Waals surface area contributed by atoms with E-state index >= 15 is 0 Å². The predicted molar refractivity (Wildman–Crippen MR) is 88.1 cm³/mol. The van der Waals surface area contributed by atoms with Gasteiger partial charge in [0.05, 0.1) is 0 Å². The number of thioether (sulfide) groups is 1. The topological polar surface area (TPSA) is 54.3 Å². The van der Waals surface area contributed by atoms with Gasteiger partial charge in [0, 0.05) is 49.1 Å². The second kappa shape index (κ2) is 6.32. The highest BCUT2D eigenvalue weighted by atomic mass is 32.2. The number of aryl methyl sites for hydroxylation is 1. The molecule has 2 heterocycles. The summed E-state index contributed by atoms with van der Waals surface area (Å²) in [5.41, 5.74) is 0.987. The molecule has 21 heavy (non-hydrogen) atoms. The third-order valence-electron chi connectivity index (χ3n) is 3.67. The van der Waals surface area contributed by atoms with Crippen LogP contribution in [-0.2, 0) is 23.6 Å². The van der Waals surface area contributed by atoms with Crippen molar-refractivity contribution in [3.8, 4) is 0 Å². The zero-order chi connectivity index (χ0) is 15.7. The second-order valence-corrected chi connectivity index (χ2v) is 9.75. The Balaban J connectivity index is 2.23. The van der Waals surface area contributed by atoms with Crippen molar-refractivity contribution in [2.75, 3.05) is 25.4 Å². The molecule has 0 aliphatic carbocycles. The van der Waals surface area contributed by atoms with E-state index in [9.17, 15) is 8.42 Å². The fraction of sp³-hybridized carbons (Fsp3) is 0.714. The first-order valence-corrected chi connectivity index (χ1v) is 9.69. The molecule has 0 saturated carbocycles. The summed E-state index contributed by atoms with van der Waals surface area (Å²) >= 11 is 1.83. The van der Waals surface area contributed by atoms with E-state index in [0.717, 1.165) is 18.0 Å². The maximum Gasteiger partial charge on any atom is 0.244 e. The molecule has 1 aliphatic heterocycles. The van der Waals surface area contributed by atoms with E-state index in [1.165, 1.54) is 0 Å². The van der Waals surface area contributed by atoms with Crippen molar-refractivity contribution in [1.29, 1.82) is 0 Å². The zero-order valence-electron chi connectivity index (χ0n) is 13.2. The Hall–Kier alpha value is -0.500. The maximum atomic E-state index is 12.8. The van der Waals surface area contributed by atoms with E-state index in [4.69, 9.17) is 0 Å². The largest absolute Gasteiger partial charge is 0.352 e. The molecule has 1 saturated heterocycles. The fourth-order valence-electron chi connectivity index (χ4n) is 2.47. The molecule has 0 unspecified atom stereocenters. The summed E-state index contributed by atoms with van der Waals surface area (Å²) in [7, 11) is -1.50. The van der Waals surface area contributed by atoms with Gasteiger partial charge >= 0.3 is 0 Å². The van der Waals surface area contributed by atoms with Gasteiger partial charge in [-0.3, -0.25) is 0 Å². The van der Waals surface area contributed by atoms with Crippen LogP contribution in [0.1, 0.15) is 26.5 Å². The zero-order valence-corrected chi connectivity index (χ0v) is 14.9. The molecule has 0 radical (unpaired) electrons. The van der Waals surface area contributed by atoms with Crippen LogP contribution in [-0.4, -0.2) is 47.4 Å². The van der Waals surface area contributed by atoms with E-state index in [-0.39, 0.29) is 4.75 Å². The molecule has 1 aromatic heterocycles. The molecule has 0 atom stereocenters. The molecule has 1 aliphatic rings. The van der Waals surface area contributed by atoms with E-state index in [2.05, 4.69) is 19.2 Å². The van der Waals surface area contributed by atoms with Gasteiger partial charge in [0.25, 0.3) is 0 Å². The van der Waals surface area contributed by atoms with Gasteiger partial charge in [-0.2, -0.15) is 16.1 Å². The Morgan fingerprint density at radius 2 is 2.14 bits per heavy atom. The number of aromatic nitrogens is 1. The third kappa shape index (κ3) is 3.83. The van der Waals surface area contributed by atoms with Crippen molar-refractivity contribution in [3.63, 3.8) is 0 Å². The van der Waals surface area contributed by atoms with Crippen molar-refractivity contribution in [1.82, 2.24) is 14.2 Å². The molecule has 0 aromatic carbocycles. The van der Waals surface area contributed by atoms with Gasteiger partial charge in [-0.05, 0) is 26.5 Å². The molecule has 0 bridgehead atoms. The highest BCUT2D eigenvalue weighted by Crippen LogP contribution is 2.32. The summed E-state index contributed by atoms with van der Waals surface area (Å²) in [5.74, 6) is 0.851. The number of hydrogen-bond acceptors (Lipinski definition) is 4. The average Bonchev–Trinajstić information content (AvgIpc) is 2.77. The summed E-state index contributed by atoms with van der Waals surface area (Å²) in [6.07, 6.45) is 1.72. The first kappa shape index (κ1) is 16.9. The van der Waals surface area contributed by atoms with Gasteiger partial charge in [0.15, 0.2) is 0 Å². The van der Waals surface area contributed by atoms with Crippen molar-refractivity contribution in [3.05, 3.63) is 18.0 Å². The second-order valence-electron chi connectivity index (χ2n) is 6.01. The van der Waals surface area contributed by atoms with Crippen LogP contribution in [0.25, 0.3) is 0 Å². The molecular weight excluding hydrogens is 306 g/mol. The summed E-state index contributed by atoms with van der Waals surface area (Å²) in [6, 6.07) is 1.78. The number of sulfonamides is 1. The SMILES string of the molecule is CCNCc1cc(S(=O)(=O)N2CCSC(C)(C)C2)cn1C. The van der Waals surface area contributed by atoms with Gasteiger partial charge < -0.3 is 9.88 Å². The minimum absolute atomic E-state index is 0.0211. The van der Waals surface area contributed by atoms with E-state index < -0.39 is 10.0 Å². The lowest BCUT2D eigenvalue weighted by molar-refractivity contribution is 0.387. The molecule has 7 heteroatoms. The molecule has 120 valence electrons. The number of nitrogens with one attached hydrogen (secondary N) is 1. The molecule has 1 fully saturated rings. The van der Waals surface area contributed by atoms with Crippen molar-refractivity contribution in [2.45, 2.75) is 37.0 Å². The normalized spacial score (nSPS) is 19.8. The van der Waals surface area contributed by atoms with E-state index in [1.54, 1.807) is 16.6 Å². The van der Waals surface area contributed by atoms with Crippen LogP contribution in [0.3, 0.4) is 0 Å². The molecule has 0 spiro atoms. The fourth-order valence-corrected chi connectivity index (χ4v) is 5.48. The molecule has 1 N–H and O–H groups in total. The highest BCUT2D eigenvalue weighted by Gasteiger charge is 2.35. The summed E-state index contributed by atoms with van der Waals surface area (Å²) < 4.78 is 29.1. The molecule has 2 rings (SSSR count). The molecule has 5 nitrogen and oxygen atoms in total. The summed E-state index contributed by atoms with van der Waals surface area (Å²) in [6.45, 7) is 8.94. The van der Waals surface area contributed by atoms with Crippen LogP contribution in [0.2, 0.25) is 0 Å². The molecule has 0 amide bonds. The van der Waals surface area contributed by atoms with E-state index in [0.29, 0.717) is 24.5 Å². The van der Waals surface area contributed by atoms with Crippen molar-refractivity contribution in [2.24, 2.45) is 7.05 Å². The Morgan fingerprint density at radius 3 is 2.76 bits per heavy atom. The number of nitrogens with zero attached hydrogens (tertiary/aromatic N) is 2. The minimum atomic E-state index is -3.39. The summed E-state index contributed by atoms with van der Waals surface area (Å²) in [5, 5.41) is 3.23. The Bertz CT molecular complexity index is 593. The lowest BCUT2D eigenvalue weighted by Crippen LogP contribution is -2.45. The van der Waals surface area contributed by atoms with E-state index in [1.807, 2.05) is 30.3 Å². The van der Waals surface area contributed by atoms with Crippen LogP contribution in [0.5, 0.6) is 0 Å². The van der Waals surface area contributed by atoms with Crippen molar-refractivity contribution < 1.29 is 8.42 Å². The van der Waals surface area contributed by atoms with Gasteiger partial charge in [-0.25, -0.2) is 8.42 Å². The van der Waals surface area contributed by atoms with Crippen LogP contribution in [0.4, 0.5) is 0 Å². The van der Waals surface area contributed by atoms with Crippen LogP contribution in [0, 0.1) is 0 Å². The number of hydrogen-bond donors (Lipinski definition) is 1. The van der Waals surface area contributed by atoms with Gasteiger partial charge in [0.2, 0.25) is 10.0 Å². The minimum Gasteiger partial charge on any atom is -0.352 e. The maximum absolute atomic E-state index is 12.8. The number of rotatable bonds is 5. The Morgan fingerprint density at radius 1 is 1.43 bits per heavy atom. The predicted octanol–water partition coefficient (Wildman–Crippen LogP) is 1.65. The lowest BCUT2D eigenvalue weighted by Gasteiger charge is -2.36. The monoisotopic (exact) mass is 331 g/mol. The molecular formula is C14H25N3O2S2. The first-order chi connectivity index (χ1) is 9.76. The third-order valence-corrected chi connectivity index (χ3v) is 6.78. The Labute approximate surface area is 132 Å². The van der Waals surface area contributed by atoms with Crippen LogP contribution in [0.15, 0.2) is 17.2 Å². The van der Waals surface area contributed by atoms with Crippen molar-refractivity contribution >= 4 is 21.8 Å². The van der Waals surface area contributed by atoms with Gasteiger partial charge in [0.1, 0.15) is 4.90 Å². The first-order valence-electron chi connectivity index (χ1n) is 7.26. The molecule has 1 aromatic rings. The quantitative estimate of drug-likeness (QED) is 0.891. The van der Waals surface area contributed by atoms with Crippen LogP contribution >= 0.6 is 11.8 Å². The summed E-state index contributed by atoms with van der Waals surface area (Å²) in [4.78, 5) is 0.403.